The van der Waals surface area contributed by atoms with Crippen LogP contribution in [0.15, 0.2) is 53.4 Å². The summed E-state index contributed by atoms with van der Waals surface area (Å²) in [5, 5.41) is 3.40. The molecule has 1 unspecified atom stereocenters. The molecule has 0 aliphatic rings. The van der Waals surface area contributed by atoms with E-state index < -0.39 is 9.84 Å². The van der Waals surface area contributed by atoms with E-state index >= 15 is 0 Å². The number of benzene rings is 2. The first kappa shape index (κ1) is 18.4. The summed E-state index contributed by atoms with van der Waals surface area (Å²) in [6, 6.07) is 13.7. The molecule has 128 valence electrons. The second-order valence-electron chi connectivity index (χ2n) is 5.79. The van der Waals surface area contributed by atoms with Crippen LogP contribution in [0.4, 0.5) is 5.69 Å². The minimum Gasteiger partial charge on any atom is -0.326 e. The lowest BCUT2D eigenvalue weighted by molar-refractivity contribution is -0.885. The van der Waals surface area contributed by atoms with E-state index in [0.29, 0.717) is 17.3 Å². The smallest absolute Gasteiger partial charge is 0.279 e. The molecular weight excluding hydrogens is 348 g/mol. The first-order valence-corrected chi connectivity index (χ1v) is 9.67. The van der Waals surface area contributed by atoms with Crippen LogP contribution in [0.1, 0.15) is 5.56 Å². The van der Waals surface area contributed by atoms with Crippen molar-refractivity contribution in [3.63, 3.8) is 0 Å². The second-order valence-corrected chi connectivity index (χ2v) is 8.24. The molecule has 2 aromatic carbocycles. The van der Waals surface area contributed by atoms with Gasteiger partial charge >= 0.3 is 0 Å². The molecule has 0 bridgehead atoms. The Morgan fingerprint density at radius 3 is 2.54 bits per heavy atom. The monoisotopic (exact) mass is 367 g/mol. The molecular formula is C17H20ClN2O3S+. The number of hydrogen-bond donors (Lipinski definition) is 2. The Bertz CT molecular complexity index is 837. The molecule has 0 aliphatic carbocycles. The Hall–Kier alpha value is -1.89. The maximum absolute atomic E-state index is 12.1. The van der Waals surface area contributed by atoms with E-state index in [2.05, 4.69) is 5.32 Å². The standard InChI is InChI=1S/C17H19ClN2O3S/c1-20(11-13-5-3-6-14(18)9-13)12-17(21)19-15-7-4-8-16(10-15)24(2,22)23/h3-10H,11-12H2,1-2H3,(H,19,21)/p+1. The first-order valence-electron chi connectivity index (χ1n) is 7.40. The van der Waals surface area contributed by atoms with Gasteiger partial charge in [0.25, 0.3) is 5.91 Å². The molecule has 0 aliphatic heterocycles. The molecule has 1 atom stereocenters. The van der Waals surface area contributed by atoms with Crippen molar-refractivity contribution < 1.29 is 18.1 Å². The highest BCUT2D eigenvalue weighted by Gasteiger charge is 2.13. The third kappa shape index (κ3) is 5.63. The first-order chi connectivity index (χ1) is 11.2. The maximum atomic E-state index is 12.1. The SMILES string of the molecule is C[NH+](CC(=O)Nc1cccc(S(C)(=O)=O)c1)Cc1cccc(Cl)c1. The molecule has 0 fully saturated rings. The number of carbonyl (C=O) groups is 1. The summed E-state index contributed by atoms with van der Waals surface area (Å²) >= 11 is 5.96. The predicted octanol–water partition coefficient (Wildman–Crippen LogP) is 1.40. The van der Waals surface area contributed by atoms with Gasteiger partial charge in [0.05, 0.1) is 11.9 Å². The molecule has 24 heavy (non-hydrogen) atoms. The van der Waals surface area contributed by atoms with Crippen molar-refractivity contribution >= 4 is 33.0 Å². The van der Waals surface area contributed by atoms with Gasteiger partial charge in [0.15, 0.2) is 16.4 Å². The lowest BCUT2D eigenvalue weighted by Gasteiger charge is -2.14. The predicted molar refractivity (Wildman–Crippen MR) is 95.1 cm³/mol. The van der Waals surface area contributed by atoms with Gasteiger partial charge in [-0.1, -0.05) is 29.8 Å². The molecule has 1 amide bonds. The van der Waals surface area contributed by atoms with E-state index in [1.165, 1.54) is 12.1 Å². The van der Waals surface area contributed by atoms with Gasteiger partial charge in [-0.25, -0.2) is 8.42 Å². The summed E-state index contributed by atoms with van der Waals surface area (Å²) in [5.74, 6) is -0.180. The van der Waals surface area contributed by atoms with Crippen LogP contribution in [-0.2, 0) is 21.2 Å². The van der Waals surface area contributed by atoms with Gasteiger partial charge in [-0.05, 0) is 30.3 Å². The topological polar surface area (TPSA) is 67.7 Å². The van der Waals surface area contributed by atoms with E-state index in [-0.39, 0.29) is 17.3 Å². The number of anilines is 1. The van der Waals surface area contributed by atoms with Crippen molar-refractivity contribution in [2.75, 3.05) is 25.2 Å². The average molecular weight is 368 g/mol. The van der Waals surface area contributed by atoms with Crippen molar-refractivity contribution in [3.05, 3.63) is 59.1 Å². The fourth-order valence-electron chi connectivity index (χ4n) is 2.34. The third-order valence-electron chi connectivity index (χ3n) is 3.40. The molecule has 5 nitrogen and oxygen atoms in total. The van der Waals surface area contributed by atoms with E-state index in [1.54, 1.807) is 12.1 Å². The van der Waals surface area contributed by atoms with E-state index in [1.807, 2.05) is 31.3 Å². The highest BCUT2D eigenvalue weighted by Crippen LogP contribution is 2.15. The largest absolute Gasteiger partial charge is 0.326 e. The Morgan fingerprint density at radius 1 is 1.17 bits per heavy atom. The zero-order valence-electron chi connectivity index (χ0n) is 13.5. The van der Waals surface area contributed by atoms with Gasteiger partial charge in [0.2, 0.25) is 0 Å². The molecule has 0 radical (unpaired) electrons. The van der Waals surface area contributed by atoms with Crippen LogP contribution in [-0.4, -0.2) is 34.2 Å². The van der Waals surface area contributed by atoms with E-state index in [9.17, 15) is 13.2 Å². The van der Waals surface area contributed by atoms with Crippen LogP contribution in [0, 0.1) is 0 Å². The second kappa shape index (κ2) is 7.79. The van der Waals surface area contributed by atoms with Crippen LogP contribution in [0.2, 0.25) is 5.02 Å². The van der Waals surface area contributed by atoms with Crippen molar-refractivity contribution in [2.24, 2.45) is 0 Å². The molecule has 2 rings (SSSR count). The molecule has 0 saturated carbocycles. The lowest BCUT2D eigenvalue weighted by Crippen LogP contribution is -3.08. The Labute approximate surface area is 147 Å². The van der Waals surface area contributed by atoms with Crippen LogP contribution in [0.25, 0.3) is 0 Å². The number of rotatable bonds is 6. The molecule has 0 heterocycles. The van der Waals surface area contributed by atoms with Crippen LogP contribution in [0.3, 0.4) is 0 Å². The van der Waals surface area contributed by atoms with Gasteiger partial charge in [-0.3, -0.25) is 4.79 Å². The molecule has 0 aromatic heterocycles. The number of likely N-dealkylation sites (N-methyl/N-ethyl adjacent to an activating group) is 1. The van der Waals surface area contributed by atoms with Gasteiger partial charge in [0.1, 0.15) is 6.54 Å². The van der Waals surface area contributed by atoms with Crippen molar-refractivity contribution in [3.8, 4) is 0 Å². The maximum Gasteiger partial charge on any atom is 0.279 e. The number of carbonyl (C=O) groups excluding carboxylic acids is 1. The van der Waals surface area contributed by atoms with E-state index in [0.717, 1.165) is 16.7 Å². The van der Waals surface area contributed by atoms with Crippen LogP contribution >= 0.6 is 11.6 Å². The highest BCUT2D eigenvalue weighted by molar-refractivity contribution is 7.90. The van der Waals surface area contributed by atoms with E-state index in [4.69, 9.17) is 11.6 Å². The van der Waals surface area contributed by atoms with Gasteiger partial charge in [-0.2, -0.15) is 0 Å². The summed E-state index contributed by atoms with van der Waals surface area (Å²) in [5.41, 5.74) is 1.52. The average Bonchev–Trinajstić information content (AvgIpc) is 2.46. The molecule has 2 N–H and O–H groups in total. The minimum atomic E-state index is -3.30. The Kier molecular flexibility index (Phi) is 5.99. The van der Waals surface area contributed by atoms with Gasteiger partial charge in [0, 0.05) is 22.5 Å². The molecule has 7 heteroatoms. The quantitative estimate of drug-likeness (QED) is 0.811. The summed E-state index contributed by atoms with van der Waals surface area (Å²) in [4.78, 5) is 13.3. The van der Waals surface area contributed by atoms with Gasteiger partial charge < -0.3 is 10.2 Å². The number of sulfone groups is 1. The summed E-state index contributed by atoms with van der Waals surface area (Å²) in [6.07, 6.45) is 1.14. The fourth-order valence-corrected chi connectivity index (χ4v) is 3.22. The highest BCUT2D eigenvalue weighted by atomic mass is 35.5. The summed E-state index contributed by atoms with van der Waals surface area (Å²) in [6.45, 7) is 0.924. The third-order valence-corrected chi connectivity index (χ3v) is 4.75. The minimum absolute atomic E-state index is 0.180. The molecule has 0 saturated heterocycles. The summed E-state index contributed by atoms with van der Waals surface area (Å²) < 4.78 is 23.1. The number of amides is 1. The number of halogens is 1. The zero-order valence-corrected chi connectivity index (χ0v) is 15.1. The zero-order chi connectivity index (χ0) is 17.7. The summed E-state index contributed by atoms with van der Waals surface area (Å²) in [7, 11) is -1.39. The fraction of sp³-hybridized carbons (Fsp3) is 0.235. The Balaban J connectivity index is 1.95. The van der Waals surface area contributed by atoms with Crippen molar-refractivity contribution in [1.82, 2.24) is 0 Å². The number of hydrogen-bond acceptors (Lipinski definition) is 3. The van der Waals surface area contributed by atoms with Crippen molar-refractivity contribution in [2.45, 2.75) is 11.4 Å². The Morgan fingerprint density at radius 2 is 1.88 bits per heavy atom. The molecule has 2 aromatic rings. The van der Waals surface area contributed by atoms with Crippen LogP contribution in [0.5, 0.6) is 0 Å². The van der Waals surface area contributed by atoms with Gasteiger partial charge in [-0.15, -0.1) is 0 Å². The van der Waals surface area contributed by atoms with Crippen LogP contribution < -0.4 is 10.2 Å². The number of quaternary nitrogens is 1. The van der Waals surface area contributed by atoms with Crippen molar-refractivity contribution in [1.29, 1.82) is 0 Å². The normalized spacial score (nSPS) is 12.6. The number of nitrogens with one attached hydrogen (secondary N) is 2. The lowest BCUT2D eigenvalue weighted by atomic mass is 10.2. The molecule has 0 spiro atoms.